The molecule has 2 aromatic heterocycles. The molecule has 0 aliphatic rings. The van der Waals surface area contributed by atoms with Crippen molar-refractivity contribution in [2.24, 2.45) is 0 Å². The van der Waals surface area contributed by atoms with Crippen molar-refractivity contribution >= 4 is 17.4 Å². The number of urea groups is 1. The second-order valence-corrected chi connectivity index (χ2v) is 6.37. The zero-order valence-electron chi connectivity index (χ0n) is 13.2. The maximum Gasteiger partial charge on any atom is 0.315 e. The summed E-state index contributed by atoms with van der Waals surface area (Å²) in [5.74, 6) is 0.455. The van der Waals surface area contributed by atoms with Gasteiger partial charge in [-0.05, 0) is 24.6 Å². The van der Waals surface area contributed by atoms with E-state index in [0.29, 0.717) is 12.5 Å². The summed E-state index contributed by atoms with van der Waals surface area (Å²) in [5.41, 5.74) is 2.07. The minimum absolute atomic E-state index is 0.0465. The predicted octanol–water partition coefficient (Wildman–Crippen LogP) is 3.26. The van der Waals surface area contributed by atoms with Crippen LogP contribution in [-0.4, -0.2) is 22.5 Å². The molecule has 0 radical (unpaired) electrons. The van der Waals surface area contributed by atoms with Crippen molar-refractivity contribution < 1.29 is 4.79 Å². The first-order valence-electron chi connectivity index (χ1n) is 7.45. The smallest absolute Gasteiger partial charge is 0.315 e. The quantitative estimate of drug-likeness (QED) is 0.859. The average Bonchev–Trinajstić information content (AvgIpc) is 2.97. The van der Waals surface area contributed by atoms with Gasteiger partial charge in [0.1, 0.15) is 0 Å². The van der Waals surface area contributed by atoms with Gasteiger partial charge in [0, 0.05) is 36.7 Å². The van der Waals surface area contributed by atoms with Crippen LogP contribution < -0.4 is 10.6 Å². The third-order valence-electron chi connectivity index (χ3n) is 3.28. The second kappa shape index (κ2) is 7.89. The number of aromatic nitrogens is 2. The lowest BCUT2D eigenvalue weighted by atomic mass is 10.1. The minimum atomic E-state index is -0.163. The first-order chi connectivity index (χ1) is 10.6. The Balaban J connectivity index is 1.73. The Morgan fingerprint density at radius 2 is 2.00 bits per heavy atom. The Morgan fingerprint density at radius 3 is 2.64 bits per heavy atom. The maximum atomic E-state index is 11.9. The van der Waals surface area contributed by atoms with Crippen LogP contribution in [0.3, 0.4) is 0 Å². The van der Waals surface area contributed by atoms with Crippen LogP contribution in [0.5, 0.6) is 0 Å². The summed E-state index contributed by atoms with van der Waals surface area (Å²) in [7, 11) is 0. The van der Waals surface area contributed by atoms with Crippen molar-refractivity contribution in [3.8, 4) is 0 Å². The van der Waals surface area contributed by atoms with Crippen LogP contribution in [0.15, 0.2) is 29.9 Å². The van der Waals surface area contributed by atoms with E-state index in [-0.39, 0.29) is 12.1 Å². The average molecular weight is 318 g/mol. The number of amides is 2. The number of pyridine rings is 1. The molecule has 0 spiro atoms. The molecule has 2 heterocycles. The first-order valence-corrected chi connectivity index (χ1v) is 8.33. The molecule has 2 rings (SSSR count). The second-order valence-electron chi connectivity index (χ2n) is 5.48. The largest absolute Gasteiger partial charge is 0.338 e. The van der Waals surface area contributed by atoms with Gasteiger partial charge in [0.2, 0.25) is 0 Å². The van der Waals surface area contributed by atoms with Gasteiger partial charge in [0.15, 0.2) is 0 Å². The van der Waals surface area contributed by atoms with Crippen LogP contribution in [0.1, 0.15) is 49.0 Å². The molecule has 0 aromatic carbocycles. The van der Waals surface area contributed by atoms with Crippen LogP contribution in [0.2, 0.25) is 0 Å². The van der Waals surface area contributed by atoms with Crippen LogP contribution in [0.25, 0.3) is 0 Å². The lowest BCUT2D eigenvalue weighted by Crippen LogP contribution is -2.38. The summed E-state index contributed by atoms with van der Waals surface area (Å²) in [4.78, 5) is 20.4. The summed E-state index contributed by atoms with van der Waals surface area (Å²) in [6.45, 7) is 6.80. The summed E-state index contributed by atoms with van der Waals surface area (Å²) in [5, 5.41) is 8.99. The third kappa shape index (κ3) is 4.80. The Morgan fingerprint density at radius 1 is 1.27 bits per heavy atom. The highest BCUT2D eigenvalue weighted by Crippen LogP contribution is 2.19. The molecule has 0 aliphatic heterocycles. The highest BCUT2D eigenvalue weighted by Gasteiger charge is 2.09. The normalized spacial score (nSPS) is 12.2. The van der Waals surface area contributed by atoms with E-state index in [1.165, 1.54) is 0 Å². The van der Waals surface area contributed by atoms with E-state index in [9.17, 15) is 4.79 Å². The van der Waals surface area contributed by atoms with Gasteiger partial charge in [-0.15, -0.1) is 11.3 Å². The van der Waals surface area contributed by atoms with Crippen LogP contribution >= 0.6 is 11.3 Å². The van der Waals surface area contributed by atoms with Gasteiger partial charge in [-0.25, -0.2) is 9.78 Å². The van der Waals surface area contributed by atoms with Crippen molar-refractivity contribution in [3.05, 3.63) is 46.2 Å². The lowest BCUT2D eigenvalue weighted by molar-refractivity contribution is 0.238. The fraction of sp³-hybridized carbons (Fsp3) is 0.438. The molecule has 118 valence electrons. The van der Waals surface area contributed by atoms with Gasteiger partial charge >= 0.3 is 6.03 Å². The molecule has 0 fully saturated rings. The molecule has 2 aromatic rings. The molecule has 1 atom stereocenters. The van der Waals surface area contributed by atoms with Crippen molar-refractivity contribution in [3.63, 3.8) is 0 Å². The molecule has 6 heteroatoms. The first kappa shape index (κ1) is 16.4. The SMILES string of the molecule is CC(C)c1nc(CCNC(=O)NC(C)c2ccncc2)cs1. The van der Waals surface area contributed by atoms with Crippen LogP contribution in [-0.2, 0) is 6.42 Å². The molecule has 2 amide bonds. The minimum Gasteiger partial charge on any atom is -0.338 e. The maximum absolute atomic E-state index is 11.9. The van der Waals surface area contributed by atoms with E-state index < -0.39 is 0 Å². The fourth-order valence-electron chi connectivity index (χ4n) is 1.99. The van der Waals surface area contributed by atoms with Gasteiger partial charge < -0.3 is 10.6 Å². The predicted molar refractivity (Wildman–Crippen MR) is 89.1 cm³/mol. The monoisotopic (exact) mass is 318 g/mol. The summed E-state index contributed by atoms with van der Waals surface area (Å²) < 4.78 is 0. The summed E-state index contributed by atoms with van der Waals surface area (Å²) in [6, 6.07) is 3.58. The molecule has 0 saturated carbocycles. The number of nitrogens with zero attached hydrogens (tertiary/aromatic N) is 2. The zero-order chi connectivity index (χ0) is 15.9. The van der Waals surface area contributed by atoms with Crippen molar-refractivity contribution in [2.75, 3.05) is 6.54 Å². The number of hydrogen-bond acceptors (Lipinski definition) is 4. The highest BCUT2D eigenvalue weighted by atomic mass is 32.1. The van der Waals surface area contributed by atoms with E-state index >= 15 is 0 Å². The van der Waals surface area contributed by atoms with Crippen molar-refractivity contribution in [1.82, 2.24) is 20.6 Å². The van der Waals surface area contributed by atoms with Gasteiger partial charge in [0.05, 0.1) is 16.7 Å². The van der Waals surface area contributed by atoms with E-state index in [0.717, 1.165) is 22.7 Å². The number of carbonyl (C=O) groups excluding carboxylic acids is 1. The lowest BCUT2D eigenvalue weighted by Gasteiger charge is -2.14. The number of hydrogen-bond donors (Lipinski definition) is 2. The van der Waals surface area contributed by atoms with E-state index in [1.54, 1.807) is 23.7 Å². The summed E-state index contributed by atoms with van der Waals surface area (Å²) >= 11 is 1.68. The molecular formula is C16H22N4OS. The molecular weight excluding hydrogens is 296 g/mol. The van der Waals surface area contributed by atoms with Crippen molar-refractivity contribution in [2.45, 2.75) is 39.2 Å². The van der Waals surface area contributed by atoms with Crippen LogP contribution in [0, 0.1) is 0 Å². The molecule has 22 heavy (non-hydrogen) atoms. The topological polar surface area (TPSA) is 66.9 Å². The van der Waals surface area contributed by atoms with E-state index in [2.05, 4.69) is 39.8 Å². The van der Waals surface area contributed by atoms with Gasteiger partial charge in [0.25, 0.3) is 0 Å². The summed E-state index contributed by atoms with van der Waals surface area (Å²) in [6.07, 6.45) is 4.19. The molecule has 0 aliphatic carbocycles. The van der Waals surface area contributed by atoms with Gasteiger partial charge in [-0.1, -0.05) is 13.8 Å². The van der Waals surface area contributed by atoms with Gasteiger partial charge in [-0.3, -0.25) is 4.98 Å². The van der Waals surface area contributed by atoms with E-state index in [4.69, 9.17) is 0 Å². The molecule has 2 N–H and O–H groups in total. The van der Waals surface area contributed by atoms with Crippen molar-refractivity contribution in [1.29, 1.82) is 0 Å². The Kier molecular flexibility index (Phi) is 5.89. The molecule has 0 saturated heterocycles. The number of thiazole rings is 1. The molecule has 5 nitrogen and oxygen atoms in total. The number of nitrogens with one attached hydrogen (secondary N) is 2. The standard InChI is InChI=1S/C16H22N4OS/c1-11(2)15-20-14(10-22-15)6-9-18-16(21)19-12(3)13-4-7-17-8-5-13/h4-5,7-8,10-12H,6,9H2,1-3H3,(H2,18,19,21). The number of rotatable bonds is 6. The highest BCUT2D eigenvalue weighted by molar-refractivity contribution is 7.09. The third-order valence-corrected chi connectivity index (χ3v) is 4.48. The molecule has 0 bridgehead atoms. The Bertz CT molecular complexity index is 597. The Labute approximate surface area is 135 Å². The zero-order valence-corrected chi connectivity index (χ0v) is 14.0. The van der Waals surface area contributed by atoms with Gasteiger partial charge in [-0.2, -0.15) is 0 Å². The van der Waals surface area contributed by atoms with E-state index in [1.807, 2.05) is 19.1 Å². The Hall–Kier alpha value is -1.95. The fourth-order valence-corrected chi connectivity index (χ4v) is 2.86. The number of carbonyl (C=O) groups is 1. The molecule has 1 unspecified atom stereocenters. The van der Waals surface area contributed by atoms with Crippen LogP contribution in [0.4, 0.5) is 4.79 Å².